The van der Waals surface area contributed by atoms with Crippen molar-refractivity contribution >= 4 is 5.97 Å². The lowest BCUT2D eigenvalue weighted by molar-refractivity contribution is -0.154. The maximum Gasteiger partial charge on any atom is 0.315 e. The standard InChI is InChI=1S/C14H17NO2/c16-14(17-11-5-3-6-11)13-9-15-8-10-4-1-2-7-12(10)13/h1-2,4,7,11,13,15H,3,5-6,8-9H2. The Hall–Kier alpha value is -1.35. The van der Waals surface area contributed by atoms with Gasteiger partial charge in [0.15, 0.2) is 0 Å². The molecule has 3 heteroatoms. The molecule has 1 aliphatic heterocycles. The number of carbonyl (C=O) groups excluding carboxylic acids is 1. The zero-order valence-electron chi connectivity index (χ0n) is 9.82. The Kier molecular flexibility index (Phi) is 2.85. The van der Waals surface area contributed by atoms with Gasteiger partial charge in [-0.05, 0) is 30.4 Å². The van der Waals surface area contributed by atoms with E-state index in [1.165, 1.54) is 12.0 Å². The van der Waals surface area contributed by atoms with Crippen LogP contribution in [0.3, 0.4) is 0 Å². The number of hydrogen-bond acceptors (Lipinski definition) is 3. The van der Waals surface area contributed by atoms with Crippen LogP contribution in [0.4, 0.5) is 0 Å². The number of benzene rings is 1. The summed E-state index contributed by atoms with van der Waals surface area (Å²) in [5, 5.41) is 3.28. The maximum absolute atomic E-state index is 12.1. The van der Waals surface area contributed by atoms with Gasteiger partial charge in [-0.3, -0.25) is 4.79 Å². The minimum absolute atomic E-state index is 0.0608. The number of rotatable bonds is 2. The Bertz CT molecular complexity index is 426. The van der Waals surface area contributed by atoms with Crippen LogP contribution in [0.5, 0.6) is 0 Å². The van der Waals surface area contributed by atoms with Gasteiger partial charge in [0.2, 0.25) is 0 Å². The molecule has 1 atom stereocenters. The fourth-order valence-electron chi connectivity index (χ4n) is 2.44. The summed E-state index contributed by atoms with van der Waals surface area (Å²) >= 11 is 0. The molecule has 1 aromatic rings. The summed E-state index contributed by atoms with van der Waals surface area (Å²) < 4.78 is 5.50. The Morgan fingerprint density at radius 1 is 1.29 bits per heavy atom. The van der Waals surface area contributed by atoms with E-state index >= 15 is 0 Å². The SMILES string of the molecule is O=C(OC1CCC1)C1CNCc2ccccc21. The highest BCUT2D eigenvalue weighted by molar-refractivity contribution is 5.79. The molecule has 17 heavy (non-hydrogen) atoms. The van der Waals surface area contributed by atoms with Gasteiger partial charge in [0, 0.05) is 13.1 Å². The molecule has 0 radical (unpaired) electrons. The summed E-state index contributed by atoms with van der Waals surface area (Å²) in [6.07, 6.45) is 3.44. The van der Waals surface area contributed by atoms with Gasteiger partial charge in [0.05, 0.1) is 5.92 Å². The molecule has 3 rings (SSSR count). The van der Waals surface area contributed by atoms with Crippen molar-refractivity contribution in [3.8, 4) is 0 Å². The number of hydrogen-bond donors (Lipinski definition) is 1. The minimum Gasteiger partial charge on any atom is -0.462 e. The monoisotopic (exact) mass is 231 g/mol. The number of nitrogens with one attached hydrogen (secondary N) is 1. The summed E-state index contributed by atoms with van der Waals surface area (Å²) in [4.78, 5) is 12.1. The average molecular weight is 231 g/mol. The molecule has 1 heterocycles. The second kappa shape index (κ2) is 4.49. The van der Waals surface area contributed by atoms with Crippen LogP contribution in [-0.4, -0.2) is 18.6 Å². The van der Waals surface area contributed by atoms with Crippen LogP contribution in [0.1, 0.15) is 36.3 Å². The van der Waals surface area contributed by atoms with E-state index < -0.39 is 0 Å². The number of carbonyl (C=O) groups is 1. The van der Waals surface area contributed by atoms with Gasteiger partial charge in [-0.25, -0.2) is 0 Å². The van der Waals surface area contributed by atoms with Gasteiger partial charge in [0.25, 0.3) is 0 Å². The molecule has 0 saturated heterocycles. The molecule has 0 spiro atoms. The van der Waals surface area contributed by atoms with E-state index in [1.807, 2.05) is 18.2 Å². The molecule has 1 aliphatic carbocycles. The van der Waals surface area contributed by atoms with Crippen molar-refractivity contribution in [2.24, 2.45) is 0 Å². The molecule has 1 fully saturated rings. The number of ether oxygens (including phenoxy) is 1. The highest BCUT2D eigenvalue weighted by Crippen LogP contribution is 2.28. The molecule has 0 aromatic heterocycles. The lowest BCUT2D eigenvalue weighted by Crippen LogP contribution is -2.36. The van der Waals surface area contributed by atoms with Crippen molar-refractivity contribution < 1.29 is 9.53 Å². The highest BCUT2D eigenvalue weighted by atomic mass is 16.5. The van der Waals surface area contributed by atoms with Crippen molar-refractivity contribution in [1.82, 2.24) is 5.32 Å². The molecule has 1 N–H and O–H groups in total. The summed E-state index contributed by atoms with van der Waals surface area (Å²) in [5.41, 5.74) is 2.35. The van der Waals surface area contributed by atoms with E-state index in [0.717, 1.165) is 24.9 Å². The fourth-order valence-corrected chi connectivity index (χ4v) is 2.44. The van der Waals surface area contributed by atoms with E-state index in [0.29, 0.717) is 6.54 Å². The molecule has 3 nitrogen and oxygen atoms in total. The molecule has 90 valence electrons. The minimum atomic E-state index is -0.124. The summed E-state index contributed by atoms with van der Waals surface area (Å²) in [5.74, 6) is -0.185. The third-order valence-corrected chi connectivity index (χ3v) is 3.71. The predicted molar refractivity (Wildman–Crippen MR) is 64.6 cm³/mol. The Morgan fingerprint density at radius 3 is 2.88 bits per heavy atom. The maximum atomic E-state index is 12.1. The summed E-state index contributed by atoms with van der Waals surface area (Å²) in [6, 6.07) is 8.13. The van der Waals surface area contributed by atoms with Gasteiger partial charge in [-0.2, -0.15) is 0 Å². The number of fused-ring (bicyclic) bond motifs is 1. The van der Waals surface area contributed by atoms with Crippen LogP contribution >= 0.6 is 0 Å². The number of esters is 1. The predicted octanol–water partition coefficient (Wildman–Crippen LogP) is 1.97. The quantitative estimate of drug-likeness (QED) is 0.791. The first-order valence-corrected chi connectivity index (χ1v) is 6.33. The molecule has 0 bridgehead atoms. The third kappa shape index (κ3) is 2.07. The van der Waals surface area contributed by atoms with Crippen molar-refractivity contribution in [3.05, 3.63) is 35.4 Å². The summed E-state index contributed by atoms with van der Waals surface area (Å²) in [7, 11) is 0. The third-order valence-electron chi connectivity index (χ3n) is 3.71. The second-order valence-corrected chi connectivity index (χ2v) is 4.87. The van der Waals surface area contributed by atoms with Crippen molar-refractivity contribution in [3.63, 3.8) is 0 Å². The normalized spacial score (nSPS) is 23.6. The van der Waals surface area contributed by atoms with E-state index in [4.69, 9.17) is 4.74 Å². The van der Waals surface area contributed by atoms with Crippen LogP contribution in [0, 0.1) is 0 Å². The zero-order chi connectivity index (χ0) is 11.7. The van der Waals surface area contributed by atoms with Gasteiger partial charge < -0.3 is 10.1 Å². The van der Waals surface area contributed by atoms with Gasteiger partial charge in [-0.15, -0.1) is 0 Å². The smallest absolute Gasteiger partial charge is 0.315 e. The first-order chi connectivity index (χ1) is 8.34. The van der Waals surface area contributed by atoms with Crippen molar-refractivity contribution in [2.45, 2.75) is 37.8 Å². The van der Waals surface area contributed by atoms with Crippen LogP contribution in [0.15, 0.2) is 24.3 Å². The van der Waals surface area contributed by atoms with Crippen LogP contribution in [0.2, 0.25) is 0 Å². The molecule has 0 amide bonds. The lowest BCUT2D eigenvalue weighted by atomic mass is 9.90. The first-order valence-electron chi connectivity index (χ1n) is 6.33. The van der Waals surface area contributed by atoms with E-state index in [-0.39, 0.29) is 18.0 Å². The van der Waals surface area contributed by atoms with Gasteiger partial charge >= 0.3 is 5.97 Å². The molecular weight excluding hydrogens is 214 g/mol. The van der Waals surface area contributed by atoms with E-state index in [2.05, 4.69) is 11.4 Å². The molecule has 2 aliphatic rings. The van der Waals surface area contributed by atoms with Crippen LogP contribution < -0.4 is 5.32 Å². The van der Waals surface area contributed by atoms with Gasteiger partial charge in [-0.1, -0.05) is 24.3 Å². The van der Waals surface area contributed by atoms with Crippen LogP contribution in [0.25, 0.3) is 0 Å². The summed E-state index contributed by atoms with van der Waals surface area (Å²) in [6.45, 7) is 1.55. The molecule has 1 saturated carbocycles. The Balaban J connectivity index is 1.77. The lowest BCUT2D eigenvalue weighted by Gasteiger charge is -2.30. The van der Waals surface area contributed by atoms with Crippen molar-refractivity contribution in [1.29, 1.82) is 0 Å². The van der Waals surface area contributed by atoms with E-state index in [9.17, 15) is 4.79 Å². The molecule has 1 aromatic carbocycles. The average Bonchev–Trinajstić information content (AvgIpc) is 2.33. The second-order valence-electron chi connectivity index (χ2n) is 4.87. The topological polar surface area (TPSA) is 38.3 Å². The van der Waals surface area contributed by atoms with Crippen molar-refractivity contribution in [2.75, 3.05) is 6.54 Å². The highest BCUT2D eigenvalue weighted by Gasteiger charge is 2.30. The van der Waals surface area contributed by atoms with Gasteiger partial charge in [0.1, 0.15) is 6.10 Å². The zero-order valence-corrected chi connectivity index (χ0v) is 9.82. The van der Waals surface area contributed by atoms with Crippen LogP contribution in [-0.2, 0) is 16.1 Å². The first kappa shape index (κ1) is 10.8. The Morgan fingerprint density at radius 2 is 2.12 bits per heavy atom. The Labute approximate surface area is 101 Å². The largest absolute Gasteiger partial charge is 0.462 e. The van der Waals surface area contributed by atoms with E-state index in [1.54, 1.807) is 0 Å². The molecular formula is C14H17NO2. The molecule has 1 unspecified atom stereocenters. The fraction of sp³-hybridized carbons (Fsp3) is 0.500.